The molecule has 0 spiro atoms. The number of carbonyl (C=O) groups is 2. The number of carbonyl (C=O) groups excluding carboxylic acids is 2. The van der Waals surface area contributed by atoms with E-state index >= 15 is 0 Å². The van der Waals surface area contributed by atoms with E-state index in [1.165, 1.54) is 0 Å². The highest BCUT2D eigenvalue weighted by Gasteiger charge is 2.21. The number of benzene rings is 1. The minimum atomic E-state index is -0.584. The van der Waals surface area contributed by atoms with Crippen LogP contribution in [0.5, 0.6) is 0 Å². The summed E-state index contributed by atoms with van der Waals surface area (Å²) in [6, 6.07) is 8.45. The molecule has 5 heteroatoms. The first-order valence-corrected chi connectivity index (χ1v) is 6.14. The maximum Gasteiger partial charge on any atom is 0.249 e. The molecule has 2 amide bonds. The lowest BCUT2D eigenvalue weighted by Crippen LogP contribution is -2.21. The highest BCUT2D eigenvalue weighted by molar-refractivity contribution is 6.01. The molecule has 0 saturated carbocycles. The summed E-state index contributed by atoms with van der Waals surface area (Å²) in [7, 11) is 0. The summed E-state index contributed by atoms with van der Waals surface area (Å²) < 4.78 is 0. The van der Waals surface area contributed by atoms with E-state index in [9.17, 15) is 9.59 Å². The van der Waals surface area contributed by atoms with Crippen molar-refractivity contribution < 1.29 is 9.59 Å². The van der Waals surface area contributed by atoms with Crippen molar-refractivity contribution in [3.8, 4) is 0 Å². The van der Waals surface area contributed by atoms with Gasteiger partial charge in [-0.1, -0.05) is 19.1 Å². The third kappa shape index (κ3) is 2.51. The SMILES string of the molecule is CC(c1cccnc1)c1c(C(N)=O)cccc1C(N)=O. The second kappa shape index (κ2) is 5.52. The van der Waals surface area contributed by atoms with Crippen LogP contribution in [0.2, 0.25) is 0 Å². The fraction of sp³-hybridized carbons (Fsp3) is 0.133. The Morgan fingerprint density at radius 2 is 1.65 bits per heavy atom. The van der Waals surface area contributed by atoms with Crippen LogP contribution in [0, 0.1) is 0 Å². The number of amides is 2. The fourth-order valence-corrected chi connectivity index (χ4v) is 2.26. The second-order valence-electron chi connectivity index (χ2n) is 4.50. The molecule has 0 saturated heterocycles. The highest BCUT2D eigenvalue weighted by Crippen LogP contribution is 2.29. The topological polar surface area (TPSA) is 99.1 Å². The van der Waals surface area contributed by atoms with E-state index in [0.717, 1.165) is 5.56 Å². The highest BCUT2D eigenvalue weighted by atomic mass is 16.1. The van der Waals surface area contributed by atoms with E-state index in [4.69, 9.17) is 11.5 Å². The van der Waals surface area contributed by atoms with Crippen molar-refractivity contribution in [2.45, 2.75) is 12.8 Å². The summed E-state index contributed by atoms with van der Waals surface area (Å²) in [5, 5.41) is 0. The number of rotatable bonds is 4. The van der Waals surface area contributed by atoms with Crippen molar-refractivity contribution >= 4 is 11.8 Å². The van der Waals surface area contributed by atoms with E-state index < -0.39 is 11.8 Å². The Balaban J connectivity index is 2.64. The standard InChI is InChI=1S/C15H15N3O2/c1-9(10-4-3-7-18-8-10)13-11(14(16)19)5-2-6-12(13)15(17)20/h2-9H,1H3,(H2,16,19)(H2,17,20). The van der Waals surface area contributed by atoms with E-state index in [2.05, 4.69) is 4.98 Å². The molecule has 20 heavy (non-hydrogen) atoms. The quantitative estimate of drug-likeness (QED) is 0.878. The molecule has 0 aliphatic carbocycles. The lowest BCUT2D eigenvalue weighted by Gasteiger charge is -2.18. The van der Waals surface area contributed by atoms with Gasteiger partial charge in [0.2, 0.25) is 11.8 Å². The van der Waals surface area contributed by atoms with Crippen LogP contribution in [-0.2, 0) is 0 Å². The third-order valence-electron chi connectivity index (χ3n) is 3.25. The first kappa shape index (κ1) is 13.7. The van der Waals surface area contributed by atoms with Crippen molar-refractivity contribution in [1.29, 1.82) is 0 Å². The van der Waals surface area contributed by atoms with E-state index in [1.807, 2.05) is 13.0 Å². The van der Waals surface area contributed by atoms with Crippen LogP contribution >= 0.6 is 0 Å². The smallest absolute Gasteiger partial charge is 0.249 e. The molecular formula is C15H15N3O2. The van der Waals surface area contributed by atoms with Gasteiger partial charge in [-0.05, 0) is 29.3 Å². The molecule has 4 N–H and O–H groups in total. The fourth-order valence-electron chi connectivity index (χ4n) is 2.26. The maximum atomic E-state index is 11.6. The lowest BCUT2D eigenvalue weighted by atomic mass is 9.86. The molecule has 102 valence electrons. The largest absolute Gasteiger partial charge is 0.366 e. The average molecular weight is 269 g/mol. The van der Waals surface area contributed by atoms with Gasteiger partial charge in [0.1, 0.15) is 0 Å². The van der Waals surface area contributed by atoms with Crippen molar-refractivity contribution in [1.82, 2.24) is 4.98 Å². The number of primary amides is 2. The predicted molar refractivity (Wildman–Crippen MR) is 75.2 cm³/mol. The molecule has 0 fully saturated rings. The van der Waals surface area contributed by atoms with Gasteiger partial charge in [0.15, 0.2) is 0 Å². The molecule has 1 aromatic carbocycles. The zero-order valence-corrected chi connectivity index (χ0v) is 11.0. The monoisotopic (exact) mass is 269 g/mol. The Bertz CT molecular complexity index is 621. The summed E-state index contributed by atoms with van der Waals surface area (Å²) >= 11 is 0. The van der Waals surface area contributed by atoms with Crippen molar-refractivity contribution in [2.75, 3.05) is 0 Å². The number of pyridine rings is 1. The molecule has 1 unspecified atom stereocenters. The molecule has 1 aromatic heterocycles. The number of hydrogen-bond acceptors (Lipinski definition) is 3. The van der Waals surface area contributed by atoms with Gasteiger partial charge in [-0.3, -0.25) is 14.6 Å². The Labute approximate surface area is 116 Å². The van der Waals surface area contributed by atoms with Crippen LogP contribution in [0.4, 0.5) is 0 Å². The van der Waals surface area contributed by atoms with Crippen molar-refractivity contribution in [2.24, 2.45) is 11.5 Å². The summed E-state index contributed by atoms with van der Waals surface area (Å²) in [4.78, 5) is 27.2. The number of nitrogens with two attached hydrogens (primary N) is 2. The number of hydrogen-bond donors (Lipinski definition) is 2. The van der Waals surface area contributed by atoms with Gasteiger partial charge in [-0.15, -0.1) is 0 Å². The Morgan fingerprint density at radius 3 is 2.10 bits per heavy atom. The Morgan fingerprint density at radius 1 is 1.05 bits per heavy atom. The molecule has 5 nitrogen and oxygen atoms in total. The first-order chi connectivity index (χ1) is 9.52. The first-order valence-electron chi connectivity index (χ1n) is 6.14. The Kier molecular flexibility index (Phi) is 3.79. The second-order valence-corrected chi connectivity index (χ2v) is 4.50. The van der Waals surface area contributed by atoms with Crippen molar-refractivity contribution in [3.05, 3.63) is 65.0 Å². The van der Waals surface area contributed by atoms with Gasteiger partial charge in [-0.25, -0.2) is 0 Å². The normalized spacial score (nSPS) is 11.8. The molecule has 2 rings (SSSR count). The van der Waals surface area contributed by atoms with E-state index in [-0.39, 0.29) is 5.92 Å². The van der Waals surface area contributed by atoms with Crippen LogP contribution in [-0.4, -0.2) is 16.8 Å². The minimum absolute atomic E-state index is 0.213. The van der Waals surface area contributed by atoms with Gasteiger partial charge in [-0.2, -0.15) is 0 Å². The number of aromatic nitrogens is 1. The van der Waals surface area contributed by atoms with Gasteiger partial charge in [0, 0.05) is 29.4 Å². The predicted octanol–water partition coefficient (Wildman–Crippen LogP) is 1.43. The molecule has 1 heterocycles. The van der Waals surface area contributed by atoms with Crippen LogP contribution in [0.1, 0.15) is 44.7 Å². The maximum absolute atomic E-state index is 11.6. The summed E-state index contributed by atoms with van der Waals surface area (Å²) in [6.45, 7) is 1.88. The average Bonchev–Trinajstić information content (AvgIpc) is 2.46. The van der Waals surface area contributed by atoms with Crippen LogP contribution in [0.25, 0.3) is 0 Å². The van der Waals surface area contributed by atoms with Crippen LogP contribution in [0.3, 0.4) is 0 Å². The molecule has 2 aromatic rings. The molecule has 0 bridgehead atoms. The summed E-state index contributed by atoms with van der Waals surface area (Å²) in [5.74, 6) is -1.38. The van der Waals surface area contributed by atoms with E-state index in [0.29, 0.717) is 16.7 Å². The Hall–Kier alpha value is -2.69. The van der Waals surface area contributed by atoms with Crippen molar-refractivity contribution in [3.63, 3.8) is 0 Å². The van der Waals surface area contributed by atoms with Crippen LogP contribution < -0.4 is 11.5 Å². The molecule has 0 radical (unpaired) electrons. The van der Waals surface area contributed by atoms with Gasteiger partial charge in [0.25, 0.3) is 0 Å². The zero-order chi connectivity index (χ0) is 14.7. The van der Waals surface area contributed by atoms with Gasteiger partial charge < -0.3 is 11.5 Å². The van der Waals surface area contributed by atoms with Crippen LogP contribution in [0.15, 0.2) is 42.7 Å². The molecular weight excluding hydrogens is 254 g/mol. The summed E-state index contributed by atoms with van der Waals surface area (Å²) in [6.07, 6.45) is 3.35. The molecule has 0 aliphatic heterocycles. The lowest BCUT2D eigenvalue weighted by molar-refractivity contribution is 0.0999. The minimum Gasteiger partial charge on any atom is -0.366 e. The molecule has 0 aliphatic rings. The van der Waals surface area contributed by atoms with E-state index in [1.54, 1.807) is 36.7 Å². The molecule has 1 atom stereocenters. The zero-order valence-electron chi connectivity index (χ0n) is 11.0. The van der Waals surface area contributed by atoms with Gasteiger partial charge >= 0.3 is 0 Å². The van der Waals surface area contributed by atoms with Gasteiger partial charge in [0.05, 0.1) is 0 Å². The summed E-state index contributed by atoms with van der Waals surface area (Å²) in [5.41, 5.74) is 12.8. The third-order valence-corrected chi connectivity index (χ3v) is 3.25. The number of nitrogens with zero attached hydrogens (tertiary/aromatic N) is 1.